The molecular weight excluding hydrogens is 242 g/mol. The summed E-state index contributed by atoms with van der Waals surface area (Å²) in [6, 6.07) is 0. The Kier molecular flexibility index (Phi) is 5.33. The van der Waals surface area contributed by atoms with Gasteiger partial charge in [-0.3, -0.25) is 9.59 Å². The maximum absolute atomic E-state index is 11.8. The first-order valence-electron chi connectivity index (χ1n) is 6.66. The second kappa shape index (κ2) is 6.55. The van der Waals surface area contributed by atoms with E-state index in [1.165, 1.54) is 0 Å². The molecule has 0 aromatic rings. The number of carbonyl (C=O) groups excluding carboxylic acids is 2. The van der Waals surface area contributed by atoms with Crippen LogP contribution in [0.4, 0.5) is 0 Å². The normalized spacial score (nSPS) is 16.5. The molecule has 1 rings (SSSR count). The van der Waals surface area contributed by atoms with Gasteiger partial charge in [0.2, 0.25) is 5.91 Å². The van der Waals surface area contributed by atoms with Crippen LogP contribution in [0.5, 0.6) is 0 Å². The topological polar surface area (TPSA) is 55.4 Å². The third-order valence-corrected chi connectivity index (χ3v) is 2.69. The number of amides is 1. The minimum Gasteiger partial charge on any atom is -0.459 e. The lowest BCUT2D eigenvalue weighted by atomic mass is 10.1. The van der Waals surface area contributed by atoms with E-state index >= 15 is 0 Å². The van der Waals surface area contributed by atoms with Crippen LogP contribution >= 0.6 is 0 Å². The fourth-order valence-electron chi connectivity index (χ4n) is 1.64. The standard InChI is InChI=1S/C15H23NO3/c1-11(14(18)19-15(2,3)4)13(17)16-10-12-8-6-5-7-9-12/h6,8-9,11H,5,7,10H2,1-4H3,(H,16,17)/t11-/m0/s1. The van der Waals surface area contributed by atoms with E-state index in [9.17, 15) is 9.59 Å². The molecule has 0 aromatic heterocycles. The van der Waals surface area contributed by atoms with Crippen LogP contribution in [-0.4, -0.2) is 24.0 Å². The van der Waals surface area contributed by atoms with E-state index in [0.29, 0.717) is 6.54 Å². The molecule has 0 aliphatic heterocycles. The molecule has 4 nitrogen and oxygen atoms in total. The molecule has 0 saturated carbocycles. The van der Waals surface area contributed by atoms with E-state index < -0.39 is 17.5 Å². The number of hydrogen-bond acceptors (Lipinski definition) is 3. The second-order valence-electron chi connectivity index (χ2n) is 5.73. The number of allylic oxidation sites excluding steroid dienone is 2. The van der Waals surface area contributed by atoms with Crippen LogP contribution in [0.3, 0.4) is 0 Å². The average molecular weight is 265 g/mol. The minimum absolute atomic E-state index is 0.297. The van der Waals surface area contributed by atoms with Crippen LogP contribution < -0.4 is 5.32 Å². The maximum atomic E-state index is 11.8. The second-order valence-corrected chi connectivity index (χ2v) is 5.73. The highest BCUT2D eigenvalue weighted by Crippen LogP contribution is 2.12. The van der Waals surface area contributed by atoms with Crippen LogP contribution in [0.15, 0.2) is 23.8 Å². The number of esters is 1. The molecule has 0 unspecified atom stereocenters. The maximum Gasteiger partial charge on any atom is 0.318 e. The van der Waals surface area contributed by atoms with Crippen molar-refractivity contribution in [1.82, 2.24) is 5.32 Å². The van der Waals surface area contributed by atoms with Gasteiger partial charge in [0, 0.05) is 6.54 Å². The van der Waals surface area contributed by atoms with Crippen molar-refractivity contribution in [2.24, 2.45) is 5.92 Å². The molecule has 4 heteroatoms. The lowest BCUT2D eigenvalue weighted by Gasteiger charge is -2.22. The van der Waals surface area contributed by atoms with Gasteiger partial charge in [-0.25, -0.2) is 0 Å². The van der Waals surface area contributed by atoms with Gasteiger partial charge < -0.3 is 10.1 Å². The van der Waals surface area contributed by atoms with Gasteiger partial charge in [0.05, 0.1) is 0 Å². The molecule has 0 spiro atoms. The number of rotatable bonds is 4. The van der Waals surface area contributed by atoms with Gasteiger partial charge in [-0.2, -0.15) is 0 Å². The Bertz CT molecular complexity index is 402. The zero-order valence-corrected chi connectivity index (χ0v) is 12.2. The molecule has 1 atom stereocenters. The van der Waals surface area contributed by atoms with Crippen molar-refractivity contribution in [2.75, 3.05) is 6.54 Å². The van der Waals surface area contributed by atoms with E-state index in [4.69, 9.17) is 4.74 Å². The number of ether oxygens (including phenoxy) is 1. The average Bonchev–Trinajstić information content (AvgIpc) is 2.34. The van der Waals surface area contributed by atoms with Crippen LogP contribution in [0.2, 0.25) is 0 Å². The third kappa shape index (κ3) is 5.73. The predicted molar refractivity (Wildman–Crippen MR) is 74.5 cm³/mol. The molecule has 1 aliphatic rings. The molecule has 19 heavy (non-hydrogen) atoms. The fraction of sp³-hybridized carbons (Fsp3) is 0.600. The van der Waals surface area contributed by atoms with E-state index in [0.717, 1.165) is 18.4 Å². The smallest absolute Gasteiger partial charge is 0.318 e. The van der Waals surface area contributed by atoms with Crippen molar-refractivity contribution in [3.8, 4) is 0 Å². The van der Waals surface area contributed by atoms with Gasteiger partial charge in [0.1, 0.15) is 11.5 Å². The summed E-state index contributed by atoms with van der Waals surface area (Å²) >= 11 is 0. The fourth-order valence-corrected chi connectivity index (χ4v) is 1.64. The van der Waals surface area contributed by atoms with E-state index in [1.807, 2.05) is 6.08 Å². The molecule has 106 valence electrons. The first kappa shape index (κ1) is 15.5. The molecule has 1 aliphatic carbocycles. The predicted octanol–water partition coefficient (Wildman–Crippen LogP) is 2.36. The molecule has 0 bridgehead atoms. The molecular formula is C15H23NO3. The first-order valence-corrected chi connectivity index (χ1v) is 6.66. The van der Waals surface area contributed by atoms with Crippen molar-refractivity contribution in [1.29, 1.82) is 0 Å². The monoisotopic (exact) mass is 265 g/mol. The lowest BCUT2D eigenvalue weighted by molar-refractivity contribution is -0.161. The summed E-state index contributed by atoms with van der Waals surface area (Å²) in [5, 5.41) is 2.76. The Morgan fingerprint density at radius 3 is 2.58 bits per heavy atom. The van der Waals surface area contributed by atoms with Gasteiger partial charge in [-0.15, -0.1) is 0 Å². The van der Waals surface area contributed by atoms with Crippen molar-refractivity contribution in [2.45, 2.75) is 46.1 Å². The third-order valence-electron chi connectivity index (χ3n) is 2.69. The Hall–Kier alpha value is -1.58. The highest BCUT2D eigenvalue weighted by atomic mass is 16.6. The SMILES string of the molecule is C[C@@H](C(=O)NCC1=CCCC=C1)C(=O)OC(C)(C)C. The summed E-state index contributed by atoms with van der Waals surface area (Å²) in [6.45, 7) is 7.38. The van der Waals surface area contributed by atoms with Crippen molar-refractivity contribution in [3.05, 3.63) is 23.8 Å². The van der Waals surface area contributed by atoms with E-state index in [1.54, 1.807) is 27.7 Å². The summed E-state index contributed by atoms with van der Waals surface area (Å²) in [6.07, 6.45) is 8.23. The first-order chi connectivity index (χ1) is 8.79. The van der Waals surface area contributed by atoms with Crippen LogP contribution in [0.1, 0.15) is 40.5 Å². The summed E-state index contributed by atoms with van der Waals surface area (Å²) in [5.41, 5.74) is 0.510. The van der Waals surface area contributed by atoms with Crippen molar-refractivity contribution >= 4 is 11.9 Å². The minimum atomic E-state index is -0.785. The molecule has 0 heterocycles. The van der Waals surface area contributed by atoms with Gasteiger partial charge in [0.15, 0.2) is 0 Å². The Balaban J connectivity index is 2.42. The van der Waals surface area contributed by atoms with Gasteiger partial charge in [-0.1, -0.05) is 18.2 Å². The van der Waals surface area contributed by atoms with Crippen molar-refractivity contribution in [3.63, 3.8) is 0 Å². The van der Waals surface area contributed by atoms with Crippen LogP contribution in [0.25, 0.3) is 0 Å². The van der Waals surface area contributed by atoms with E-state index in [2.05, 4.69) is 17.5 Å². The molecule has 0 saturated heterocycles. The number of nitrogens with one attached hydrogen (secondary N) is 1. The van der Waals surface area contributed by atoms with Crippen LogP contribution in [0, 0.1) is 5.92 Å². The number of carbonyl (C=O) groups is 2. The molecule has 0 fully saturated rings. The zero-order chi connectivity index (χ0) is 14.5. The lowest BCUT2D eigenvalue weighted by Crippen LogP contribution is -2.38. The highest BCUT2D eigenvalue weighted by molar-refractivity contribution is 5.97. The Labute approximate surface area is 114 Å². The number of hydrogen-bond donors (Lipinski definition) is 1. The Morgan fingerprint density at radius 2 is 2.05 bits per heavy atom. The summed E-state index contributed by atoms with van der Waals surface area (Å²) in [5.74, 6) is -1.57. The van der Waals surface area contributed by atoms with Gasteiger partial charge in [0.25, 0.3) is 0 Å². The quantitative estimate of drug-likeness (QED) is 0.627. The highest BCUT2D eigenvalue weighted by Gasteiger charge is 2.26. The van der Waals surface area contributed by atoms with Crippen LogP contribution in [-0.2, 0) is 14.3 Å². The molecule has 1 amide bonds. The molecule has 0 radical (unpaired) electrons. The van der Waals surface area contributed by atoms with Gasteiger partial charge in [-0.05, 0) is 46.1 Å². The molecule has 1 N–H and O–H groups in total. The van der Waals surface area contributed by atoms with E-state index in [-0.39, 0.29) is 5.91 Å². The van der Waals surface area contributed by atoms with Gasteiger partial charge >= 0.3 is 5.97 Å². The summed E-state index contributed by atoms with van der Waals surface area (Å²) in [7, 11) is 0. The molecule has 0 aromatic carbocycles. The largest absolute Gasteiger partial charge is 0.459 e. The Morgan fingerprint density at radius 1 is 1.37 bits per heavy atom. The zero-order valence-electron chi connectivity index (χ0n) is 12.2. The summed E-state index contributed by atoms with van der Waals surface area (Å²) in [4.78, 5) is 23.6. The van der Waals surface area contributed by atoms with Crippen molar-refractivity contribution < 1.29 is 14.3 Å². The summed E-state index contributed by atoms with van der Waals surface area (Å²) < 4.78 is 5.18.